The molecular formula is C13H21NO3. The molecule has 0 aromatic heterocycles. The number of aliphatic hydroxyl groups excluding tert-OH is 2. The molecule has 2 atom stereocenters. The number of ether oxygens (including phenoxy) is 1. The van der Waals surface area contributed by atoms with E-state index in [1.807, 2.05) is 32.0 Å². The summed E-state index contributed by atoms with van der Waals surface area (Å²) in [5, 5.41) is 21.2. The summed E-state index contributed by atoms with van der Waals surface area (Å²) in [6, 6.07) is 6.08. The molecule has 0 radical (unpaired) electrons. The van der Waals surface area contributed by atoms with Gasteiger partial charge in [-0.3, -0.25) is 0 Å². The quantitative estimate of drug-likeness (QED) is 0.693. The molecule has 3 N–H and O–H groups in total. The first kappa shape index (κ1) is 14.0. The maximum atomic E-state index is 9.28. The van der Waals surface area contributed by atoms with Gasteiger partial charge in [0.1, 0.15) is 5.75 Å². The van der Waals surface area contributed by atoms with E-state index in [-0.39, 0.29) is 12.6 Å². The van der Waals surface area contributed by atoms with Crippen molar-refractivity contribution in [3.63, 3.8) is 0 Å². The summed E-state index contributed by atoms with van der Waals surface area (Å²) in [5.74, 6) is 0.837. The summed E-state index contributed by atoms with van der Waals surface area (Å²) in [6.07, 6.45) is -0.728. The van der Waals surface area contributed by atoms with Gasteiger partial charge in [0.2, 0.25) is 0 Å². The Morgan fingerprint density at radius 3 is 2.71 bits per heavy atom. The van der Waals surface area contributed by atoms with Crippen molar-refractivity contribution in [2.75, 3.05) is 20.3 Å². The van der Waals surface area contributed by atoms with Crippen LogP contribution in [0.1, 0.15) is 24.1 Å². The van der Waals surface area contributed by atoms with Gasteiger partial charge in [-0.05, 0) is 25.5 Å². The van der Waals surface area contributed by atoms with Gasteiger partial charge < -0.3 is 20.3 Å². The summed E-state index contributed by atoms with van der Waals surface area (Å²) in [4.78, 5) is 0. The molecule has 2 unspecified atom stereocenters. The smallest absolute Gasteiger partial charge is 0.123 e. The minimum absolute atomic E-state index is 0.0618. The lowest BCUT2D eigenvalue weighted by Gasteiger charge is -2.19. The third-order valence-corrected chi connectivity index (χ3v) is 2.73. The number of hydrogen-bond donors (Lipinski definition) is 3. The van der Waals surface area contributed by atoms with E-state index in [4.69, 9.17) is 9.84 Å². The van der Waals surface area contributed by atoms with Crippen molar-refractivity contribution in [2.24, 2.45) is 0 Å². The van der Waals surface area contributed by atoms with Crippen LogP contribution >= 0.6 is 0 Å². The van der Waals surface area contributed by atoms with Crippen molar-refractivity contribution in [3.05, 3.63) is 29.3 Å². The van der Waals surface area contributed by atoms with Crippen molar-refractivity contribution < 1.29 is 14.9 Å². The van der Waals surface area contributed by atoms with E-state index in [1.54, 1.807) is 7.11 Å². The first-order chi connectivity index (χ1) is 8.08. The molecule has 1 aromatic rings. The van der Waals surface area contributed by atoms with Crippen LogP contribution in [0.4, 0.5) is 0 Å². The Bertz CT molecular complexity index is 355. The van der Waals surface area contributed by atoms with Crippen LogP contribution in [-0.2, 0) is 0 Å². The number of aryl methyl sites for hydroxylation is 1. The van der Waals surface area contributed by atoms with Gasteiger partial charge in [-0.1, -0.05) is 12.1 Å². The number of nitrogens with one attached hydrogen (secondary N) is 1. The van der Waals surface area contributed by atoms with E-state index in [9.17, 15) is 5.11 Å². The predicted molar refractivity (Wildman–Crippen MR) is 67.2 cm³/mol. The zero-order chi connectivity index (χ0) is 12.8. The molecule has 0 aliphatic rings. The standard InChI is InChI=1S/C13H21NO3/c1-9-4-5-12(13(6-9)17-3)10(2)14-7-11(16)8-15/h4-6,10-11,14-16H,7-8H2,1-3H3. The Morgan fingerprint density at radius 2 is 2.12 bits per heavy atom. The first-order valence-corrected chi connectivity index (χ1v) is 5.75. The Balaban J connectivity index is 2.71. The van der Waals surface area contributed by atoms with Crippen molar-refractivity contribution in [1.82, 2.24) is 5.32 Å². The third kappa shape index (κ3) is 4.00. The molecule has 4 nitrogen and oxygen atoms in total. The molecule has 1 rings (SSSR count). The van der Waals surface area contributed by atoms with E-state index in [1.165, 1.54) is 0 Å². The van der Waals surface area contributed by atoms with Crippen molar-refractivity contribution in [3.8, 4) is 5.75 Å². The monoisotopic (exact) mass is 239 g/mol. The van der Waals surface area contributed by atoms with Gasteiger partial charge in [0.25, 0.3) is 0 Å². The fraction of sp³-hybridized carbons (Fsp3) is 0.538. The lowest BCUT2D eigenvalue weighted by atomic mass is 10.0. The normalized spacial score (nSPS) is 14.4. The zero-order valence-electron chi connectivity index (χ0n) is 10.6. The van der Waals surface area contributed by atoms with Crippen LogP contribution < -0.4 is 10.1 Å². The van der Waals surface area contributed by atoms with Crippen LogP contribution in [0.3, 0.4) is 0 Å². The minimum Gasteiger partial charge on any atom is -0.496 e. The molecule has 4 heteroatoms. The largest absolute Gasteiger partial charge is 0.496 e. The summed E-state index contributed by atoms with van der Waals surface area (Å²) in [6.45, 7) is 4.14. The molecule has 96 valence electrons. The Morgan fingerprint density at radius 1 is 1.41 bits per heavy atom. The first-order valence-electron chi connectivity index (χ1n) is 5.75. The average Bonchev–Trinajstić information content (AvgIpc) is 2.35. The van der Waals surface area contributed by atoms with E-state index in [2.05, 4.69) is 5.32 Å². The van der Waals surface area contributed by atoms with E-state index >= 15 is 0 Å². The SMILES string of the molecule is COc1cc(C)ccc1C(C)NCC(O)CO. The fourth-order valence-corrected chi connectivity index (χ4v) is 1.66. The number of hydrogen-bond acceptors (Lipinski definition) is 4. The fourth-order valence-electron chi connectivity index (χ4n) is 1.66. The lowest BCUT2D eigenvalue weighted by Crippen LogP contribution is -2.31. The number of benzene rings is 1. The van der Waals surface area contributed by atoms with Crippen LogP contribution in [0, 0.1) is 6.92 Å². The highest BCUT2D eigenvalue weighted by atomic mass is 16.5. The molecule has 0 heterocycles. The van der Waals surface area contributed by atoms with Gasteiger partial charge in [0.15, 0.2) is 0 Å². The van der Waals surface area contributed by atoms with Crippen molar-refractivity contribution >= 4 is 0 Å². The summed E-state index contributed by atoms with van der Waals surface area (Å²) in [7, 11) is 1.65. The molecular weight excluding hydrogens is 218 g/mol. The second-order valence-corrected chi connectivity index (χ2v) is 4.21. The molecule has 0 aliphatic carbocycles. The van der Waals surface area contributed by atoms with Gasteiger partial charge in [-0.25, -0.2) is 0 Å². The third-order valence-electron chi connectivity index (χ3n) is 2.73. The molecule has 0 spiro atoms. The van der Waals surface area contributed by atoms with Crippen LogP contribution in [0.5, 0.6) is 5.75 Å². The van der Waals surface area contributed by atoms with E-state index < -0.39 is 6.10 Å². The van der Waals surface area contributed by atoms with Crippen molar-refractivity contribution in [2.45, 2.75) is 26.0 Å². The number of methoxy groups -OCH3 is 1. The van der Waals surface area contributed by atoms with Gasteiger partial charge in [-0.15, -0.1) is 0 Å². The van der Waals surface area contributed by atoms with Crippen molar-refractivity contribution in [1.29, 1.82) is 0 Å². The predicted octanol–water partition coefficient (Wildman–Crippen LogP) is 1.01. The van der Waals surface area contributed by atoms with E-state index in [0.717, 1.165) is 16.9 Å². The average molecular weight is 239 g/mol. The van der Waals surface area contributed by atoms with Crippen LogP contribution in [-0.4, -0.2) is 36.6 Å². The molecule has 1 aromatic carbocycles. The highest BCUT2D eigenvalue weighted by Gasteiger charge is 2.12. The Kier molecular flexibility index (Phi) is 5.41. The highest BCUT2D eigenvalue weighted by molar-refractivity contribution is 5.39. The second-order valence-electron chi connectivity index (χ2n) is 4.21. The molecule has 0 fully saturated rings. The molecule has 17 heavy (non-hydrogen) atoms. The Labute approximate surface area is 102 Å². The minimum atomic E-state index is -0.728. The van der Waals surface area contributed by atoms with Crippen LogP contribution in [0.25, 0.3) is 0 Å². The van der Waals surface area contributed by atoms with E-state index in [0.29, 0.717) is 6.54 Å². The summed E-state index contributed by atoms with van der Waals surface area (Å²) in [5.41, 5.74) is 2.19. The highest BCUT2D eigenvalue weighted by Crippen LogP contribution is 2.25. The van der Waals surface area contributed by atoms with Crippen LogP contribution in [0.15, 0.2) is 18.2 Å². The second kappa shape index (κ2) is 6.59. The molecule has 0 saturated carbocycles. The molecule has 0 bridgehead atoms. The summed E-state index contributed by atoms with van der Waals surface area (Å²) >= 11 is 0. The molecule has 0 amide bonds. The summed E-state index contributed by atoms with van der Waals surface area (Å²) < 4.78 is 5.33. The zero-order valence-corrected chi connectivity index (χ0v) is 10.6. The van der Waals surface area contributed by atoms with Gasteiger partial charge in [-0.2, -0.15) is 0 Å². The lowest BCUT2D eigenvalue weighted by molar-refractivity contribution is 0.0923. The maximum Gasteiger partial charge on any atom is 0.123 e. The maximum absolute atomic E-state index is 9.28. The van der Waals surface area contributed by atoms with Crippen LogP contribution in [0.2, 0.25) is 0 Å². The van der Waals surface area contributed by atoms with Gasteiger partial charge in [0.05, 0.1) is 19.8 Å². The van der Waals surface area contributed by atoms with Gasteiger partial charge >= 0.3 is 0 Å². The Hall–Kier alpha value is -1.10. The van der Waals surface area contributed by atoms with Gasteiger partial charge in [0, 0.05) is 18.2 Å². The number of aliphatic hydroxyl groups is 2. The topological polar surface area (TPSA) is 61.7 Å². The molecule has 0 aliphatic heterocycles. The number of rotatable bonds is 6. The molecule has 0 saturated heterocycles.